The number of benzene rings is 1. The molecule has 1 aromatic carbocycles. The second kappa shape index (κ2) is 5.68. The van der Waals surface area contributed by atoms with Crippen LogP contribution in [0.15, 0.2) is 18.2 Å². The fraction of sp³-hybridized carbons (Fsp3) is 0.438. The number of aromatic nitrogens is 2. The Labute approximate surface area is 129 Å². The number of nitrogen functional groups attached to an aromatic ring is 1. The fourth-order valence-corrected chi connectivity index (χ4v) is 2.65. The standard InChI is InChI=1S/C16H21ClFN3/c1-5-9-21-14(19)13(20-15(21)16(2,3)4)12-10(17)7-6-8-11(12)18/h6-8H,5,9,19H2,1-4H3. The van der Waals surface area contributed by atoms with E-state index in [1.807, 2.05) is 4.57 Å². The number of nitrogens with two attached hydrogens (primary N) is 1. The Balaban J connectivity index is 2.71. The molecule has 0 amide bonds. The van der Waals surface area contributed by atoms with Crippen molar-refractivity contribution in [2.75, 3.05) is 5.73 Å². The van der Waals surface area contributed by atoms with Gasteiger partial charge in [-0.2, -0.15) is 0 Å². The van der Waals surface area contributed by atoms with Crippen LogP contribution < -0.4 is 5.73 Å². The van der Waals surface area contributed by atoms with Gasteiger partial charge in [0.05, 0.1) is 10.6 Å². The van der Waals surface area contributed by atoms with E-state index in [1.165, 1.54) is 6.07 Å². The second-order valence-electron chi connectivity index (χ2n) is 6.17. The minimum Gasteiger partial charge on any atom is -0.383 e. The van der Waals surface area contributed by atoms with Crippen LogP contribution in [0.3, 0.4) is 0 Å². The van der Waals surface area contributed by atoms with Gasteiger partial charge in [-0.25, -0.2) is 9.37 Å². The van der Waals surface area contributed by atoms with Crippen LogP contribution in [0.25, 0.3) is 11.3 Å². The van der Waals surface area contributed by atoms with Crippen molar-refractivity contribution in [2.45, 2.75) is 46.1 Å². The van der Waals surface area contributed by atoms with Crippen LogP contribution in [0, 0.1) is 5.82 Å². The van der Waals surface area contributed by atoms with Crippen LogP contribution in [-0.4, -0.2) is 9.55 Å². The Bertz CT molecular complexity index is 636. The summed E-state index contributed by atoms with van der Waals surface area (Å²) in [5.74, 6) is 0.903. The molecule has 5 heteroatoms. The minimum atomic E-state index is -0.407. The Kier molecular flexibility index (Phi) is 4.28. The summed E-state index contributed by atoms with van der Waals surface area (Å²) in [7, 11) is 0. The Hall–Kier alpha value is -1.55. The van der Waals surface area contributed by atoms with E-state index in [-0.39, 0.29) is 11.0 Å². The smallest absolute Gasteiger partial charge is 0.134 e. The molecule has 0 aliphatic carbocycles. The highest BCUT2D eigenvalue weighted by Gasteiger charge is 2.27. The topological polar surface area (TPSA) is 43.8 Å². The number of hydrogen-bond acceptors (Lipinski definition) is 2. The predicted octanol–water partition coefficient (Wildman–Crippen LogP) is 4.63. The van der Waals surface area contributed by atoms with E-state index >= 15 is 0 Å². The van der Waals surface area contributed by atoms with Gasteiger partial charge in [0.25, 0.3) is 0 Å². The highest BCUT2D eigenvalue weighted by Crippen LogP contribution is 2.36. The lowest BCUT2D eigenvalue weighted by molar-refractivity contribution is 0.498. The van der Waals surface area contributed by atoms with Crippen molar-refractivity contribution in [3.05, 3.63) is 34.9 Å². The van der Waals surface area contributed by atoms with Crippen LogP contribution in [-0.2, 0) is 12.0 Å². The lowest BCUT2D eigenvalue weighted by Gasteiger charge is -2.19. The maximum Gasteiger partial charge on any atom is 0.134 e. The molecule has 0 spiro atoms. The average Bonchev–Trinajstić information content (AvgIpc) is 2.68. The van der Waals surface area contributed by atoms with E-state index in [1.54, 1.807) is 12.1 Å². The van der Waals surface area contributed by atoms with Crippen LogP contribution >= 0.6 is 11.6 Å². The Morgan fingerprint density at radius 2 is 2.00 bits per heavy atom. The third-order valence-electron chi connectivity index (χ3n) is 3.32. The summed E-state index contributed by atoms with van der Waals surface area (Å²) in [6.07, 6.45) is 0.925. The quantitative estimate of drug-likeness (QED) is 0.898. The number of anilines is 1. The number of hydrogen-bond donors (Lipinski definition) is 1. The third kappa shape index (κ3) is 2.91. The predicted molar refractivity (Wildman–Crippen MR) is 86.0 cm³/mol. The number of halogens is 2. The summed E-state index contributed by atoms with van der Waals surface area (Å²) >= 11 is 6.14. The van der Waals surface area contributed by atoms with Crippen molar-refractivity contribution >= 4 is 17.4 Å². The summed E-state index contributed by atoms with van der Waals surface area (Å²) in [5, 5.41) is 0.323. The van der Waals surface area contributed by atoms with Crippen LogP contribution in [0.5, 0.6) is 0 Å². The average molecular weight is 310 g/mol. The van der Waals surface area contributed by atoms with Gasteiger partial charge in [-0.3, -0.25) is 0 Å². The number of nitrogens with zero attached hydrogens (tertiary/aromatic N) is 2. The van der Waals surface area contributed by atoms with E-state index in [9.17, 15) is 4.39 Å². The summed E-state index contributed by atoms with van der Waals surface area (Å²) in [5.41, 5.74) is 6.75. The lowest BCUT2D eigenvalue weighted by atomic mass is 9.95. The molecule has 0 saturated heterocycles. The zero-order valence-corrected chi connectivity index (χ0v) is 13.6. The molecule has 0 saturated carbocycles. The highest BCUT2D eigenvalue weighted by atomic mass is 35.5. The molecular formula is C16H21ClFN3. The van der Waals surface area contributed by atoms with Crippen molar-refractivity contribution in [1.82, 2.24) is 9.55 Å². The molecule has 0 atom stereocenters. The van der Waals surface area contributed by atoms with E-state index in [4.69, 9.17) is 17.3 Å². The van der Waals surface area contributed by atoms with Crippen molar-refractivity contribution in [1.29, 1.82) is 0 Å². The van der Waals surface area contributed by atoms with E-state index < -0.39 is 5.82 Å². The van der Waals surface area contributed by atoms with Crippen molar-refractivity contribution in [3.63, 3.8) is 0 Å². The molecule has 1 heterocycles. The minimum absolute atomic E-state index is 0.181. The lowest BCUT2D eigenvalue weighted by Crippen LogP contribution is -2.19. The van der Waals surface area contributed by atoms with E-state index in [0.29, 0.717) is 16.5 Å². The first kappa shape index (κ1) is 15.8. The van der Waals surface area contributed by atoms with Gasteiger partial charge < -0.3 is 10.3 Å². The fourth-order valence-electron chi connectivity index (χ4n) is 2.40. The molecule has 1 aromatic heterocycles. The molecular weight excluding hydrogens is 289 g/mol. The normalized spacial score (nSPS) is 11.9. The van der Waals surface area contributed by atoms with E-state index in [0.717, 1.165) is 18.8 Å². The molecule has 2 N–H and O–H groups in total. The maximum atomic E-state index is 14.2. The number of imidazole rings is 1. The first-order valence-electron chi connectivity index (χ1n) is 7.08. The SMILES string of the molecule is CCCn1c(C(C)(C)C)nc(-c2c(F)cccc2Cl)c1N. The van der Waals surface area contributed by atoms with Gasteiger partial charge in [0.1, 0.15) is 23.2 Å². The van der Waals surface area contributed by atoms with Gasteiger partial charge in [-0.05, 0) is 18.6 Å². The van der Waals surface area contributed by atoms with E-state index in [2.05, 4.69) is 32.7 Å². The number of rotatable bonds is 3. The highest BCUT2D eigenvalue weighted by molar-refractivity contribution is 6.33. The molecule has 2 rings (SSSR count). The molecule has 0 unspecified atom stereocenters. The third-order valence-corrected chi connectivity index (χ3v) is 3.64. The summed E-state index contributed by atoms with van der Waals surface area (Å²) in [6, 6.07) is 4.59. The molecule has 0 fully saturated rings. The molecule has 0 aliphatic heterocycles. The summed E-state index contributed by atoms with van der Waals surface area (Å²) in [4.78, 5) is 4.61. The largest absolute Gasteiger partial charge is 0.383 e. The molecule has 0 bridgehead atoms. The van der Waals surface area contributed by atoms with Crippen molar-refractivity contribution in [3.8, 4) is 11.3 Å². The monoisotopic (exact) mass is 309 g/mol. The van der Waals surface area contributed by atoms with Gasteiger partial charge in [0.2, 0.25) is 0 Å². The first-order valence-corrected chi connectivity index (χ1v) is 7.46. The second-order valence-corrected chi connectivity index (χ2v) is 6.57. The zero-order valence-electron chi connectivity index (χ0n) is 12.9. The van der Waals surface area contributed by atoms with Crippen molar-refractivity contribution in [2.24, 2.45) is 0 Å². The summed E-state index contributed by atoms with van der Waals surface area (Å²) < 4.78 is 16.1. The summed E-state index contributed by atoms with van der Waals surface area (Å²) in [6.45, 7) is 9.01. The van der Waals surface area contributed by atoms with Gasteiger partial charge in [0.15, 0.2) is 0 Å². The zero-order chi connectivity index (χ0) is 15.8. The maximum absolute atomic E-state index is 14.2. The molecule has 21 heavy (non-hydrogen) atoms. The molecule has 3 nitrogen and oxygen atoms in total. The van der Waals surface area contributed by atoms with Gasteiger partial charge >= 0.3 is 0 Å². The van der Waals surface area contributed by atoms with Crippen molar-refractivity contribution < 1.29 is 4.39 Å². The van der Waals surface area contributed by atoms with Gasteiger partial charge in [0, 0.05) is 12.0 Å². The van der Waals surface area contributed by atoms with Crippen LogP contribution in [0.1, 0.15) is 39.9 Å². The molecule has 0 radical (unpaired) electrons. The molecule has 114 valence electrons. The van der Waals surface area contributed by atoms with Gasteiger partial charge in [-0.15, -0.1) is 0 Å². The van der Waals surface area contributed by atoms with Crippen LogP contribution in [0.2, 0.25) is 5.02 Å². The van der Waals surface area contributed by atoms with Gasteiger partial charge in [-0.1, -0.05) is 45.4 Å². The Morgan fingerprint density at radius 3 is 2.52 bits per heavy atom. The molecule has 2 aromatic rings. The van der Waals surface area contributed by atoms with Crippen LogP contribution in [0.4, 0.5) is 10.2 Å². The first-order chi connectivity index (χ1) is 9.77. The Morgan fingerprint density at radius 1 is 1.33 bits per heavy atom. The molecule has 0 aliphatic rings.